The van der Waals surface area contributed by atoms with E-state index < -0.39 is 10.1 Å². The van der Waals surface area contributed by atoms with Gasteiger partial charge in [0.05, 0.1) is 16.6 Å². The molecule has 29 heavy (non-hydrogen) atoms. The van der Waals surface area contributed by atoms with Gasteiger partial charge in [0.25, 0.3) is 10.1 Å². The first-order chi connectivity index (χ1) is 13.6. The standard InChI is InChI=1S/C22H23BrN2O3S/c1-22(2)19-15-18(29(26,27)28)10-11-20(19)25(3)21(22)12-9-16(23)13-14-24-17-7-5-4-6-8-17/h4-15,21H,1-3H3,(H,26,27,28)/b12-9+,16-13-,24-14+. The summed E-state index contributed by atoms with van der Waals surface area (Å²) in [5.41, 5.74) is 2.38. The number of hydrogen-bond donors (Lipinski definition) is 1. The van der Waals surface area contributed by atoms with Crippen LogP contribution in [0.2, 0.25) is 0 Å². The van der Waals surface area contributed by atoms with Crippen molar-refractivity contribution in [3.63, 3.8) is 0 Å². The van der Waals surface area contributed by atoms with E-state index in [0.717, 1.165) is 21.4 Å². The molecule has 2 aromatic rings. The van der Waals surface area contributed by atoms with Crippen LogP contribution in [-0.2, 0) is 15.5 Å². The number of fused-ring (bicyclic) bond motifs is 1. The Morgan fingerprint density at radius 3 is 2.55 bits per heavy atom. The van der Waals surface area contributed by atoms with Crippen LogP contribution >= 0.6 is 15.9 Å². The Kier molecular flexibility index (Phi) is 6.12. The maximum Gasteiger partial charge on any atom is 0.294 e. The molecule has 0 amide bonds. The summed E-state index contributed by atoms with van der Waals surface area (Å²) in [7, 11) is -2.26. The third-order valence-corrected chi connectivity index (χ3v) is 6.53. The molecule has 3 rings (SSSR count). The molecule has 0 spiro atoms. The molecule has 2 aromatic carbocycles. The number of para-hydroxylation sites is 1. The summed E-state index contributed by atoms with van der Waals surface area (Å²) >= 11 is 3.54. The Labute approximate surface area is 180 Å². The van der Waals surface area contributed by atoms with Gasteiger partial charge in [0, 0.05) is 28.8 Å². The van der Waals surface area contributed by atoms with E-state index in [0.29, 0.717) is 0 Å². The molecule has 152 valence electrons. The number of nitrogens with zero attached hydrogens (tertiary/aromatic N) is 2. The number of halogens is 1. The third-order valence-electron chi connectivity index (χ3n) is 5.15. The maximum atomic E-state index is 11.5. The molecule has 1 aliphatic heterocycles. The molecular weight excluding hydrogens is 452 g/mol. The lowest BCUT2D eigenvalue weighted by molar-refractivity contribution is 0.479. The second kappa shape index (κ2) is 8.26. The lowest BCUT2D eigenvalue weighted by Gasteiger charge is -2.29. The number of aliphatic imine (C=N–C) groups is 1. The lowest BCUT2D eigenvalue weighted by atomic mass is 9.80. The van der Waals surface area contributed by atoms with Crippen molar-refractivity contribution in [2.45, 2.75) is 30.2 Å². The van der Waals surface area contributed by atoms with Crippen LogP contribution in [0.25, 0.3) is 0 Å². The smallest absolute Gasteiger partial charge is 0.294 e. The van der Waals surface area contributed by atoms with E-state index in [2.05, 4.69) is 45.7 Å². The molecule has 0 aliphatic carbocycles. The lowest BCUT2D eigenvalue weighted by Crippen LogP contribution is -2.37. The number of anilines is 1. The van der Waals surface area contributed by atoms with Gasteiger partial charge >= 0.3 is 0 Å². The van der Waals surface area contributed by atoms with Crippen LogP contribution in [-0.4, -0.2) is 32.3 Å². The van der Waals surface area contributed by atoms with Crippen molar-refractivity contribution in [3.05, 3.63) is 76.8 Å². The van der Waals surface area contributed by atoms with E-state index in [1.165, 1.54) is 6.07 Å². The van der Waals surface area contributed by atoms with Gasteiger partial charge in [0.1, 0.15) is 0 Å². The van der Waals surface area contributed by atoms with E-state index in [9.17, 15) is 13.0 Å². The summed E-state index contributed by atoms with van der Waals surface area (Å²) in [6, 6.07) is 14.4. The van der Waals surface area contributed by atoms with Crippen molar-refractivity contribution < 1.29 is 13.0 Å². The first-order valence-corrected chi connectivity index (χ1v) is 11.3. The first kappa shape index (κ1) is 21.5. The molecule has 5 nitrogen and oxygen atoms in total. The van der Waals surface area contributed by atoms with Gasteiger partial charge in [-0.2, -0.15) is 8.42 Å². The molecular formula is C22H23BrN2O3S. The third kappa shape index (κ3) is 4.69. The van der Waals surface area contributed by atoms with Crippen LogP contribution < -0.4 is 4.90 Å². The van der Waals surface area contributed by atoms with E-state index in [-0.39, 0.29) is 16.4 Å². The Balaban J connectivity index is 1.82. The van der Waals surface area contributed by atoms with Crippen molar-refractivity contribution >= 4 is 43.6 Å². The van der Waals surface area contributed by atoms with Crippen LogP contribution in [0.5, 0.6) is 0 Å². The first-order valence-electron chi connectivity index (χ1n) is 9.08. The molecule has 0 bridgehead atoms. The van der Waals surface area contributed by atoms with E-state index >= 15 is 0 Å². The van der Waals surface area contributed by atoms with Gasteiger partial charge < -0.3 is 4.90 Å². The van der Waals surface area contributed by atoms with E-state index in [1.807, 2.05) is 49.5 Å². The molecule has 1 aliphatic rings. The van der Waals surface area contributed by atoms with Crippen LogP contribution in [0.1, 0.15) is 19.4 Å². The Bertz CT molecular complexity index is 1090. The molecule has 0 saturated heterocycles. The minimum absolute atomic E-state index is 0.0150. The highest BCUT2D eigenvalue weighted by atomic mass is 79.9. The van der Waals surface area contributed by atoms with Crippen LogP contribution in [0, 0.1) is 0 Å². The van der Waals surface area contributed by atoms with Gasteiger partial charge in [0.2, 0.25) is 0 Å². The van der Waals surface area contributed by atoms with Crippen molar-refractivity contribution in [3.8, 4) is 0 Å². The molecule has 1 N–H and O–H groups in total. The Morgan fingerprint density at radius 2 is 1.90 bits per heavy atom. The van der Waals surface area contributed by atoms with Crippen LogP contribution in [0.3, 0.4) is 0 Å². The van der Waals surface area contributed by atoms with Crippen molar-refractivity contribution in [2.75, 3.05) is 11.9 Å². The zero-order valence-electron chi connectivity index (χ0n) is 16.4. The van der Waals surface area contributed by atoms with E-state index in [1.54, 1.807) is 18.3 Å². The molecule has 0 saturated carbocycles. The number of rotatable bonds is 5. The van der Waals surface area contributed by atoms with Gasteiger partial charge in [-0.1, -0.05) is 54.1 Å². The Hall–Kier alpha value is -2.22. The van der Waals surface area contributed by atoms with E-state index in [4.69, 9.17) is 0 Å². The number of benzene rings is 2. The molecule has 1 heterocycles. The average Bonchev–Trinajstić information content (AvgIpc) is 2.86. The van der Waals surface area contributed by atoms with Gasteiger partial charge in [0.15, 0.2) is 0 Å². The van der Waals surface area contributed by atoms with Crippen LogP contribution in [0.4, 0.5) is 11.4 Å². The van der Waals surface area contributed by atoms with Crippen LogP contribution in [0.15, 0.2) is 81.1 Å². The fourth-order valence-electron chi connectivity index (χ4n) is 3.61. The summed E-state index contributed by atoms with van der Waals surface area (Å²) in [6.45, 7) is 4.12. The summed E-state index contributed by atoms with van der Waals surface area (Å²) in [5.74, 6) is 0. The molecule has 0 fully saturated rings. The fraction of sp³-hybridized carbons (Fsp3) is 0.227. The minimum atomic E-state index is -4.24. The second-order valence-corrected chi connectivity index (χ2v) is 9.79. The van der Waals surface area contributed by atoms with Gasteiger partial charge in [-0.05, 0) is 48.0 Å². The van der Waals surface area contributed by atoms with Crippen molar-refractivity contribution in [2.24, 2.45) is 4.99 Å². The molecule has 0 aromatic heterocycles. The average molecular weight is 475 g/mol. The molecule has 0 radical (unpaired) electrons. The maximum absolute atomic E-state index is 11.5. The SMILES string of the molecule is CN1c2ccc(S(=O)(=O)O)cc2C(C)(C)C1/C=C/C(Br)=C/C=N/c1ccccc1. The number of allylic oxidation sites excluding steroid dienone is 3. The normalized spacial score (nSPS) is 19.3. The van der Waals surface area contributed by atoms with Crippen molar-refractivity contribution in [1.29, 1.82) is 0 Å². The predicted molar refractivity (Wildman–Crippen MR) is 122 cm³/mol. The molecule has 1 unspecified atom stereocenters. The number of hydrogen-bond acceptors (Lipinski definition) is 4. The zero-order valence-corrected chi connectivity index (χ0v) is 18.9. The fourth-order valence-corrected chi connectivity index (χ4v) is 4.39. The predicted octanol–water partition coefficient (Wildman–Crippen LogP) is 5.27. The summed E-state index contributed by atoms with van der Waals surface area (Å²) in [4.78, 5) is 6.40. The number of likely N-dealkylation sites (N-methyl/N-ethyl adjacent to an activating group) is 1. The minimum Gasteiger partial charge on any atom is -0.367 e. The summed E-state index contributed by atoms with van der Waals surface area (Å²) in [6.07, 6.45) is 7.65. The summed E-state index contributed by atoms with van der Waals surface area (Å²) < 4.78 is 33.3. The highest BCUT2D eigenvalue weighted by Gasteiger charge is 2.42. The van der Waals surface area contributed by atoms with Gasteiger partial charge in [-0.3, -0.25) is 9.55 Å². The Morgan fingerprint density at radius 1 is 1.21 bits per heavy atom. The quantitative estimate of drug-likeness (QED) is 0.364. The highest BCUT2D eigenvalue weighted by Crippen LogP contribution is 2.45. The monoisotopic (exact) mass is 474 g/mol. The molecule has 7 heteroatoms. The highest BCUT2D eigenvalue weighted by molar-refractivity contribution is 9.11. The van der Waals surface area contributed by atoms with Gasteiger partial charge in [-0.15, -0.1) is 0 Å². The second-order valence-electron chi connectivity index (χ2n) is 7.46. The summed E-state index contributed by atoms with van der Waals surface area (Å²) in [5, 5.41) is 0. The topological polar surface area (TPSA) is 70.0 Å². The largest absolute Gasteiger partial charge is 0.367 e. The molecule has 1 atom stereocenters. The van der Waals surface area contributed by atoms with Gasteiger partial charge in [-0.25, -0.2) is 0 Å². The van der Waals surface area contributed by atoms with Crippen molar-refractivity contribution in [1.82, 2.24) is 0 Å². The zero-order chi connectivity index (χ0) is 21.2.